The van der Waals surface area contributed by atoms with Crippen LogP contribution in [0.1, 0.15) is 27.8 Å². The number of benzene rings is 3. The van der Waals surface area contributed by atoms with Gasteiger partial charge in [-0.3, -0.25) is 4.79 Å². The lowest BCUT2D eigenvalue weighted by Crippen LogP contribution is -2.45. The lowest BCUT2D eigenvalue weighted by Gasteiger charge is -2.21. The van der Waals surface area contributed by atoms with E-state index in [0.717, 1.165) is 16.7 Å². The summed E-state index contributed by atoms with van der Waals surface area (Å²) in [7, 11) is -2.44. The molecule has 0 spiro atoms. The fraction of sp³-hybridized carbons (Fsp3) is 0.269. The van der Waals surface area contributed by atoms with Crippen molar-refractivity contribution in [1.29, 1.82) is 0 Å². The molecule has 0 saturated carbocycles. The molecular formula is C26H30N2O4S. The van der Waals surface area contributed by atoms with Gasteiger partial charge in [0.15, 0.2) is 0 Å². The molecule has 33 heavy (non-hydrogen) atoms. The third-order valence-corrected chi connectivity index (χ3v) is 7.16. The van der Waals surface area contributed by atoms with Gasteiger partial charge in [0.05, 0.1) is 17.7 Å². The van der Waals surface area contributed by atoms with Crippen LogP contribution >= 0.6 is 0 Å². The average molecular weight is 467 g/mol. The second-order valence-corrected chi connectivity index (χ2v) is 9.94. The van der Waals surface area contributed by atoms with Crippen molar-refractivity contribution in [3.63, 3.8) is 0 Å². The van der Waals surface area contributed by atoms with Crippen LogP contribution in [-0.4, -0.2) is 27.5 Å². The molecule has 0 aliphatic rings. The van der Waals surface area contributed by atoms with Crippen molar-refractivity contribution in [1.82, 2.24) is 4.72 Å². The Labute approximate surface area is 196 Å². The van der Waals surface area contributed by atoms with Gasteiger partial charge in [-0.2, -0.15) is 4.72 Å². The van der Waals surface area contributed by atoms with Gasteiger partial charge < -0.3 is 10.1 Å². The van der Waals surface area contributed by atoms with Crippen LogP contribution in [0, 0.1) is 27.7 Å². The zero-order chi connectivity index (χ0) is 24.2. The Morgan fingerprint density at radius 1 is 0.909 bits per heavy atom. The number of carbonyl (C=O) groups is 1. The predicted molar refractivity (Wildman–Crippen MR) is 131 cm³/mol. The molecule has 6 nitrogen and oxygen atoms in total. The van der Waals surface area contributed by atoms with Crippen molar-refractivity contribution in [3.8, 4) is 5.75 Å². The van der Waals surface area contributed by atoms with Gasteiger partial charge in [0.1, 0.15) is 11.8 Å². The first kappa shape index (κ1) is 24.5. The minimum atomic E-state index is -3.96. The maximum absolute atomic E-state index is 13.4. The molecule has 0 aliphatic heterocycles. The number of methoxy groups -OCH3 is 1. The monoisotopic (exact) mass is 466 g/mol. The van der Waals surface area contributed by atoms with Gasteiger partial charge >= 0.3 is 0 Å². The highest BCUT2D eigenvalue weighted by atomic mass is 32.2. The summed E-state index contributed by atoms with van der Waals surface area (Å²) in [5, 5.41) is 2.84. The zero-order valence-electron chi connectivity index (χ0n) is 19.6. The van der Waals surface area contributed by atoms with E-state index < -0.39 is 22.0 Å². The number of carbonyl (C=O) groups excluding carboxylic acids is 1. The Kier molecular flexibility index (Phi) is 7.56. The molecule has 174 valence electrons. The quantitative estimate of drug-likeness (QED) is 0.513. The Balaban J connectivity index is 1.97. The van der Waals surface area contributed by atoms with Gasteiger partial charge in [-0.05, 0) is 68.5 Å². The molecule has 3 aromatic carbocycles. The third kappa shape index (κ3) is 6.00. The van der Waals surface area contributed by atoms with Crippen LogP contribution in [0.15, 0.2) is 65.6 Å². The van der Waals surface area contributed by atoms with Gasteiger partial charge in [0.2, 0.25) is 15.9 Å². The summed E-state index contributed by atoms with van der Waals surface area (Å²) in [4.78, 5) is 13.5. The topological polar surface area (TPSA) is 84.5 Å². The number of hydrogen-bond donors (Lipinski definition) is 2. The summed E-state index contributed by atoms with van der Waals surface area (Å²) in [6, 6.07) is 17.4. The second-order valence-electron chi connectivity index (χ2n) is 8.28. The lowest BCUT2D eigenvalue weighted by molar-refractivity contribution is -0.117. The summed E-state index contributed by atoms with van der Waals surface area (Å²) in [5.41, 5.74) is 4.53. The molecule has 0 aromatic heterocycles. The number of nitrogens with one attached hydrogen (secondary N) is 2. The standard InChI is InChI=1S/C26H30N2O4S/c1-17-11-12-24(32-5)22(15-17)27-26(29)23(16-21-9-7-6-8-10-21)28-33(30,31)25-19(3)13-18(2)14-20(25)4/h6-15,23,28H,16H2,1-5H3,(H,27,29)/t23-/m0/s1. The molecular weight excluding hydrogens is 436 g/mol. The number of hydrogen-bond acceptors (Lipinski definition) is 4. The highest BCUT2D eigenvalue weighted by molar-refractivity contribution is 7.89. The molecule has 0 unspecified atom stereocenters. The first-order valence-electron chi connectivity index (χ1n) is 10.7. The fourth-order valence-corrected chi connectivity index (χ4v) is 5.66. The molecule has 0 aliphatic carbocycles. The normalized spacial score (nSPS) is 12.3. The number of ether oxygens (including phenoxy) is 1. The van der Waals surface area contributed by atoms with Crippen molar-refractivity contribution in [2.75, 3.05) is 12.4 Å². The van der Waals surface area contributed by atoms with Crippen molar-refractivity contribution < 1.29 is 17.9 Å². The van der Waals surface area contributed by atoms with Crippen molar-refractivity contribution in [2.45, 2.75) is 45.1 Å². The van der Waals surface area contributed by atoms with E-state index in [0.29, 0.717) is 22.6 Å². The van der Waals surface area contributed by atoms with E-state index in [1.807, 2.05) is 62.4 Å². The van der Waals surface area contributed by atoms with Gasteiger partial charge in [0, 0.05) is 0 Å². The smallest absolute Gasteiger partial charge is 0.243 e. The van der Waals surface area contributed by atoms with Gasteiger partial charge in [-0.1, -0.05) is 54.1 Å². The minimum Gasteiger partial charge on any atom is -0.495 e. The number of amides is 1. The van der Waals surface area contributed by atoms with E-state index >= 15 is 0 Å². The Hall–Kier alpha value is -3.16. The van der Waals surface area contributed by atoms with Crippen LogP contribution < -0.4 is 14.8 Å². The number of sulfonamides is 1. The predicted octanol–water partition coefficient (Wildman–Crippen LogP) is 4.46. The fourth-order valence-electron chi connectivity index (χ4n) is 4.01. The highest BCUT2D eigenvalue weighted by Crippen LogP contribution is 2.26. The van der Waals surface area contributed by atoms with Crippen molar-refractivity contribution in [2.24, 2.45) is 0 Å². The van der Waals surface area contributed by atoms with Crippen molar-refractivity contribution in [3.05, 3.63) is 88.5 Å². The summed E-state index contributed by atoms with van der Waals surface area (Å²) in [6.45, 7) is 7.35. The van der Waals surface area contributed by atoms with Gasteiger partial charge in [-0.25, -0.2) is 8.42 Å². The van der Waals surface area contributed by atoms with E-state index in [2.05, 4.69) is 10.0 Å². The average Bonchev–Trinajstić information content (AvgIpc) is 2.73. The Morgan fingerprint density at radius 2 is 1.55 bits per heavy atom. The Bertz CT molecular complexity index is 1230. The molecule has 0 radical (unpaired) electrons. The molecule has 1 atom stereocenters. The molecule has 0 fully saturated rings. The Morgan fingerprint density at radius 3 is 2.15 bits per heavy atom. The maximum atomic E-state index is 13.4. The molecule has 3 aromatic rings. The SMILES string of the molecule is COc1ccc(C)cc1NC(=O)[C@H](Cc1ccccc1)NS(=O)(=O)c1c(C)cc(C)cc1C. The van der Waals surface area contributed by atoms with Gasteiger partial charge in [-0.15, -0.1) is 0 Å². The van der Waals surface area contributed by atoms with Crippen LogP contribution in [0.3, 0.4) is 0 Å². The van der Waals surface area contributed by atoms with Crippen LogP contribution in [0.4, 0.5) is 5.69 Å². The summed E-state index contributed by atoms with van der Waals surface area (Å²) >= 11 is 0. The largest absolute Gasteiger partial charge is 0.495 e. The van der Waals surface area contributed by atoms with Crippen LogP contribution in [0.2, 0.25) is 0 Å². The summed E-state index contributed by atoms with van der Waals surface area (Å²) in [6.07, 6.45) is 0.198. The van der Waals surface area contributed by atoms with Crippen LogP contribution in [0.25, 0.3) is 0 Å². The first-order chi connectivity index (χ1) is 15.6. The lowest BCUT2D eigenvalue weighted by atomic mass is 10.1. The van der Waals surface area contributed by atoms with E-state index in [9.17, 15) is 13.2 Å². The number of aryl methyl sites for hydroxylation is 4. The molecule has 0 heterocycles. The van der Waals surface area contributed by atoms with Crippen LogP contribution in [0.5, 0.6) is 5.75 Å². The van der Waals surface area contributed by atoms with Crippen molar-refractivity contribution >= 4 is 21.6 Å². The molecule has 2 N–H and O–H groups in total. The van der Waals surface area contributed by atoms with E-state index in [1.54, 1.807) is 26.0 Å². The highest BCUT2D eigenvalue weighted by Gasteiger charge is 2.29. The first-order valence-corrected chi connectivity index (χ1v) is 12.2. The van der Waals surface area contributed by atoms with E-state index in [-0.39, 0.29) is 11.3 Å². The third-order valence-electron chi connectivity index (χ3n) is 5.38. The minimum absolute atomic E-state index is 0.198. The summed E-state index contributed by atoms with van der Waals surface area (Å²) < 4.78 is 34.8. The number of rotatable bonds is 8. The molecule has 0 bridgehead atoms. The van der Waals surface area contributed by atoms with Crippen LogP contribution in [-0.2, 0) is 21.2 Å². The molecule has 1 amide bonds. The molecule has 0 saturated heterocycles. The second kappa shape index (κ2) is 10.2. The van der Waals surface area contributed by atoms with E-state index in [1.165, 1.54) is 7.11 Å². The van der Waals surface area contributed by atoms with E-state index in [4.69, 9.17) is 4.74 Å². The number of anilines is 1. The summed E-state index contributed by atoms with van der Waals surface area (Å²) in [5.74, 6) is 0.0363. The molecule has 7 heteroatoms. The van der Waals surface area contributed by atoms with Gasteiger partial charge in [0.25, 0.3) is 0 Å². The zero-order valence-corrected chi connectivity index (χ0v) is 20.4. The molecule has 3 rings (SSSR count). The maximum Gasteiger partial charge on any atom is 0.243 e.